The Morgan fingerprint density at radius 3 is 2.70 bits per heavy atom. The number of nitrogens with one attached hydrogen (secondary N) is 1. The van der Waals surface area contributed by atoms with Gasteiger partial charge >= 0.3 is 0 Å². The lowest BCUT2D eigenvalue weighted by Crippen LogP contribution is -2.23. The molecule has 106 valence electrons. The van der Waals surface area contributed by atoms with Crippen LogP contribution in [0.1, 0.15) is 37.0 Å². The van der Waals surface area contributed by atoms with Crippen molar-refractivity contribution in [2.24, 2.45) is 5.41 Å². The van der Waals surface area contributed by atoms with Crippen LogP contribution in [0.3, 0.4) is 0 Å². The minimum absolute atomic E-state index is 0.284. The highest BCUT2D eigenvalue weighted by Gasteiger charge is 2.40. The van der Waals surface area contributed by atoms with E-state index in [1.807, 2.05) is 6.92 Å². The van der Waals surface area contributed by atoms with E-state index in [0.717, 1.165) is 31.3 Å². The van der Waals surface area contributed by atoms with Gasteiger partial charge in [0.15, 0.2) is 5.82 Å². The fourth-order valence-corrected chi connectivity index (χ4v) is 3.28. The first-order valence-electron chi connectivity index (χ1n) is 7.20. The average molecular weight is 270 g/mol. The summed E-state index contributed by atoms with van der Waals surface area (Å²) in [5, 5.41) is 7.17. The number of benzene rings is 1. The van der Waals surface area contributed by atoms with Gasteiger partial charge in [-0.15, -0.1) is 0 Å². The Bertz CT molecular complexity index is 573. The predicted molar refractivity (Wildman–Crippen MR) is 79.4 cm³/mol. The van der Waals surface area contributed by atoms with E-state index in [1.54, 1.807) is 0 Å². The van der Waals surface area contributed by atoms with Crippen molar-refractivity contribution in [1.82, 2.24) is 20.1 Å². The van der Waals surface area contributed by atoms with Gasteiger partial charge in [0.05, 0.1) is 6.54 Å². The molecule has 1 saturated heterocycles. The van der Waals surface area contributed by atoms with Crippen LogP contribution in [0.4, 0.5) is 0 Å². The minimum atomic E-state index is 0.284. The molecule has 1 aliphatic heterocycles. The number of likely N-dealkylation sites (tertiary alicyclic amines) is 1. The first-order valence-corrected chi connectivity index (χ1v) is 7.20. The average Bonchev–Trinajstić information content (AvgIpc) is 2.94. The molecule has 1 aromatic carbocycles. The summed E-state index contributed by atoms with van der Waals surface area (Å²) in [6.45, 7) is 9.64. The molecule has 1 atom stereocenters. The Morgan fingerprint density at radius 2 is 2.05 bits per heavy atom. The molecule has 0 saturated carbocycles. The monoisotopic (exact) mass is 270 g/mol. The van der Waals surface area contributed by atoms with Crippen molar-refractivity contribution < 1.29 is 0 Å². The minimum Gasteiger partial charge on any atom is -0.295 e. The van der Waals surface area contributed by atoms with Gasteiger partial charge in [-0.3, -0.25) is 10.00 Å². The van der Waals surface area contributed by atoms with Crippen molar-refractivity contribution in [3.63, 3.8) is 0 Å². The molecule has 1 unspecified atom stereocenters. The summed E-state index contributed by atoms with van der Waals surface area (Å²) in [6, 6.07) is 10.8. The summed E-state index contributed by atoms with van der Waals surface area (Å²) in [6.07, 6.45) is 0. The normalized spacial score (nSPS) is 22.2. The zero-order valence-corrected chi connectivity index (χ0v) is 12.4. The van der Waals surface area contributed by atoms with Crippen molar-refractivity contribution in [3.05, 3.63) is 47.5 Å². The van der Waals surface area contributed by atoms with E-state index in [2.05, 4.69) is 64.3 Å². The topological polar surface area (TPSA) is 44.8 Å². The second kappa shape index (κ2) is 5.02. The van der Waals surface area contributed by atoms with E-state index in [4.69, 9.17) is 0 Å². The fourth-order valence-electron chi connectivity index (χ4n) is 3.28. The van der Waals surface area contributed by atoms with Crippen LogP contribution in [0.25, 0.3) is 0 Å². The maximum Gasteiger partial charge on any atom is 0.164 e. The summed E-state index contributed by atoms with van der Waals surface area (Å²) in [5.74, 6) is 2.36. The van der Waals surface area contributed by atoms with Crippen LogP contribution in [-0.2, 0) is 6.54 Å². The van der Waals surface area contributed by atoms with Crippen molar-refractivity contribution in [3.8, 4) is 0 Å². The number of aromatic nitrogens is 3. The van der Waals surface area contributed by atoms with Gasteiger partial charge in [0.25, 0.3) is 0 Å². The molecule has 0 spiro atoms. The molecule has 0 aliphatic carbocycles. The number of aromatic amines is 1. The Kier molecular flexibility index (Phi) is 3.34. The van der Waals surface area contributed by atoms with Gasteiger partial charge in [0, 0.05) is 19.0 Å². The number of rotatable bonds is 3. The number of nitrogens with zero attached hydrogens (tertiary/aromatic N) is 3. The number of aryl methyl sites for hydroxylation is 1. The number of hydrogen-bond acceptors (Lipinski definition) is 3. The molecule has 1 aromatic heterocycles. The lowest BCUT2D eigenvalue weighted by molar-refractivity contribution is 0.276. The van der Waals surface area contributed by atoms with Crippen LogP contribution in [0.5, 0.6) is 0 Å². The summed E-state index contributed by atoms with van der Waals surface area (Å²) >= 11 is 0. The molecule has 0 bridgehead atoms. The van der Waals surface area contributed by atoms with Gasteiger partial charge in [-0.2, -0.15) is 5.10 Å². The van der Waals surface area contributed by atoms with Gasteiger partial charge in [0.1, 0.15) is 5.82 Å². The van der Waals surface area contributed by atoms with Gasteiger partial charge < -0.3 is 0 Å². The van der Waals surface area contributed by atoms with Gasteiger partial charge in [0.2, 0.25) is 0 Å². The molecule has 3 rings (SSSR count). The lowest BCUT2D eigenvalue weighted by atomic mass is 9.78. The van der Waals surface area contributed by atoms with Crippen LogP contribution in [0, 0.1) is 12.3 Å². The van der Waals surface area contributed by atoms with Crippen LogP contribution >= 0.6 is 0 Å². The predicted octanol–water partition coefficient (Wildman–Crippen LogP) is 2.74. The summed E-state index contributed by atoms with van der Waals surface area (Å²) in [7, 11) is 0. The quantitative estimate of drug-likeness (QED) is 0.932. The van der Waals surface area contributed by atoms with E-state index in [0.29, 0.717) is 5.92 Å². The molecule has 0 radical (unpaired) electrons. The molecule has 1 N–H and O–H groups in total. The second-order valence-corrected chi connectivity index (χ2v) is 6.46. The Balaban J connectivity index is 1.75. The first-order chi connectivity index (χ1) is 9.54. The summed E-state index contributed by atoms with van der Waals surface area (Å²) < 4.78 is 0. The Morgan fingerprint density at radius 1 is 1.30 bits per heavy atom. The third-order valence-corrected chi connectivity index (χ3v) is 4.23. The molecule has 20 heavy (non-hydrogen) atoms. The molecule has 2 aromatic rings. The van der Waals surface area contributed by atoms with Crippen LogP contribution in [0.2, 0.25) is 0 Å². The molecule has 0 amide bonds. The third kappa shape index (κ3) is 2.61. The van der Waals surface area contributed by atoms with E-state index in [9.17, 15) is 0 Å². The van der Waals surface area contributed by atoms with Crippen molar-refractivity contribution in [1.29, 1.82) is 0 Å². The molecule has 2 heterocycles. The lowest BCUT2D eigenvalue weighted by Gasteiger charge is -2.26. The smallest absolute Gasteiger partial charge is 0.164 e. The summed E-state index contributed by atoms with van der Waals surface area (Å²) in [5.41, 5.74) is 1.72. The molecule has 4 nitrogen and oxygen atoms in total. The second-order valence-electron chi connectivity index (χ2n) is 6.46. The van der Waals surface area contributed by atoms with Crippen LogP contribution < -0.4 is 0 Å². The van der Waals surface area contributed by atoms with E-state index < -0.39 is 0 Å². The standard InChI is InChI=1S/C16H22N4/c1-12-17-15(19-18-12)10-20-9-14(16(2,3)11-20)13-7-5-4-6-8-13/h4-8,14H,9-11H2,1-3H3,(H,17,18,19). The zero-order valence-electron chi connectivity index (χ0n) is 12.4. The Hall–Kier alpha value is -1.68. The number of hydrogen-bond donors (Lipinski definition) is 1. The van der Waals surface area contributed by atoms with E-state index in [-0.39, 0.29) is 5.41 Å². The highest BCUT2D eigenvalue weighted by atomic mass is 15.3. The van der Waals surface area contributed by atoms with Gasteiger partial charge in [-0.25, -0.2) is 4.98 Å². The van der Waals surface area contributed by atoms with E-state index >= 15 is 0 Å². The van der Waals surface area contributed by atoms with Crippen molar-refractivity contribution in [2.75, 3.05) is 13.1 Å². The Labute approximate surface area is 120 Å². The summed E-state index contributed by atoms with van der Waals surface area (Å²) in [4.78, 5) is 6.87. The van der Waals surface area contributed by atoms with Gasteiger partial charge in [-0.1, -0.05) is 44.2 Å². The SMILES string of the molecule is Cc1nc(CN2CC(c3ccccc3)C(C)(C)C2)n[nH]1. The molecule has 1 fully saturated rings. The highest BCUT2D eigenvalue weighted by molar-refractivity contribution is 5.24. The molecule has 4 heteroatoms. The molecule has 1 aliphatic rings. The maximum atomic E-state index is 4.41. The van der Waals surface area contributed by atoms with Crippen molar-refractivity contribution >= 4 is 0 Å². The zero-order chi connectivity index (χ0) is 14.2. The maximum absolute atomic E-state index is 4.41. The fraction of sp³-hybridized carbons (Fsp3) is 0.500. The first kappa shape index (κ1) is 13.3. The van der Waals surface area contributed by atoms with Crippen LogP contribution in [0.15, 0.2) is 30.3 Å². The van der Waals surface area contributed by atoms with Crippen molar-refractivity contribution in [2.45, 2.75) is 33.2 Å². The number of H-pyrrole nitrogens is 1. The largest absolute Gasteiger partial charge is 0.295 e. The highest BCUT2D eigenvalue weighted by Crippen LogP contribution is 2.42. The third-order valence-electron chi connectivity index (χ3n) is 4.23. The molecular formula is C16H22N4. The van der Waals surface area contributed by atoms with E-state index in [1.165, 1.54) is 5.56 Å². The van der Waals surface area contributed by atoms with Gasteiger partial charge in [-0.05, 0) is 17.9 Å². The van der Waals surface area contributed by atoms with Crippen LogP contribution in [-0.4, -0.2) is 33.2 Å². The molecular weight excluding hydrogens is 248 g/mol.